The maximum Gasteiger partial charge on any atom is 0.131 e. The largest absolute Gasteiger partial charge is 0.381 e. The van der Waals surface area contributed by atoms with Crippen LogP contribution >= 0.6 is 30.3 Å². The summed E-state index contributed by atoms with van der Waals surface area (Å²) in [4.78, 5) is 0. The molecule has 0 aromatic carbocycles. The van der Waals surface area contributed by atoms with E-state index in [2.05, 4.69) is 21.2 Å². The van der Waals surface area contributed by atoms with E-state index in [-0.39, 0.29) is 0 Å². The van der Waals surface area contributed by atoms with Crippen LogP contribution in [0, 0.1) is 0 Å². The van der Waals surface area contributed by atoms with E-state index in [1.54, 1.807) is 9.12 Å². The van der Waals surface area contributed by atoms with E-state index in [0.717, 1.165) is 5.69 Å². The molecule has 1 unspecified atom stereocenters. The topological polar surface area (TPSA) is 34.4 Å². The fourth-order valence-electron chi connectivity index (χ4n) is 1.54. The van der Waals surface area contributed by atoms with Crippen LogP contribution in [0.5, 0.6) is 0 Å². The van der Waals surface area contributed by atoms with Gasteiger partial charge in [-0.05, 0) is 12.1 Å². The second kappa shape index (κ2) is 3.80. The highest BCUT2D eigenvalue weighted by Crippen LogP contribution is 2.33. The van der Waals surface area contributed by atoms with Gasteiger partial charge in [-0.3, -0.25) is 3.97 Å². The number of hydrogen-bond acceptors (Lipinski definition) is 3. The molecule has 1 aromatic heterocycles. The molecule has 0 spiro atoms. The lowest BCUT2D eigenvalue weighted by molar-refractivity contribution is 0.0191. The Hall–Kier alpha value is 0.280. The van der Waals surface area contributed by atoms with Gasteiger partial charge >= 0.3 is 0 Å². The zero-order valence-corrected chi connectivity index (χ0v) is 9.92. The van der Waals surface area contributed by atoms with Gasteiger partial charge in [0.15, 0.2) is 0 Å². The van der Waals surface area contributed by atoms with Crippen LogP contribution in [0.15, 0.2) is 18.3 Å². The van der Waals surface area contributed by atoms with Crippen LogP contribution in [0.4, 0.5) is 0 Å². The number of rotatable bonds is 2. The molecule has 1 aromatic rings. The van der Waals surface area contributed by atoms with E-state index in [0.29, 0.717) is 19.6 Å². The molecule has 1 aliphatic heterocycles. The lowest BCUT2D eigenvalue weighted by Crippen LogP contribution is -2.27. The molecule has 0 bridgehead atoms. The minimum atomic E-state index is -0.776. The van der Waals surface area contributed by atoms with Crippen LogP contribution in [0.25, 0.3) is 0 Å². The Kier molecular flexibility index (Phi) is 2.87. The molecular formula is C8H10INO2S. The van der Waals surface area contributed by atoms with Gasteiger partial charge in [0.05, 0.1) is 12.3 Å². The monoisotopic (exact) mass is 311 g/mol. The van der Waals surface area contributed by atoms with Gasteiger partial charge in [-0.25, -0.2) is 0 Å². The van der Waals surface area contributed by atoms with Crippen LogP contribution in [0.2, 0.25) is 0 Å². The third-order valence-corrected chi connectivity index (χ3v) is 4.01. The van der Waals surface area contributed by atoms with E-state index in [9.17, 15) is 5.11 Å². The van der Waals surface area contributed by atoms with Crippen molar-refractivity contribution >= 4 is 30.3 Å². The molecule has 1 fully saturated rings. The zero-order chi connectivity index (χ0) is 9.31. The van der Waals surface area contributed by atoms with Gasteiger partial charge in [-0.2, -0.15) is 0 Å². The number of ether oxygens (including phenoxy) is 1. The summed E-state index contributed by atoms with van der Waals surface area (Å²) in [6, 6.07) is 3.89. The molecule has 3 nitrogen and oxygen atoms in total. The van der Waals surface area contributed by atoms with Crippen molar-refractivity contribution in [3.8, 4) is 0 Å². The highest BCUT2D eigenvalue weighted by Gasteiger charge is 2.36. The molecule has 1 saturated heterocycles. The quantitative estimate of drug-likeness (QED) is 0.848. The summed E-state index contributed by atoms with van der Waals surface area (Å²) in [7, 11) is 1.56. The molecule has 0 aliphatic carbocycles. The molecule has 1 N–H and O–H groups in total. The van der Waals surface area contributed by atoms with Gasteiger partial charge in [0.1, 0.15) is 5.60 Å². The van der Waals surface area contributed by atoms with Crippen molar-refractivity contribution in [3.63, 3.8) is 0 Å². The first kappa shape index (κ1) is 9.82. The van der Waals surface area contributed by atoms with Crippen molar-refractivity contribution in [2.45, 2.75) is 12.0 Å². The highest BCUT2D eigenvalue weighted by molar-refractivity contribution is 14.2. The van der Waals surface area contributed by atoms with Crippen LogP contribution in [-0.4, -0.2) is 22.3 Å². The lowest BCUT2D eigenvalue weighted by Gasteiger charge is -2.21. The van der Waals surface area contributed by atoms with Crippen LogP contribution in [0.1, 0.15) is 12.1 Å². The number of nitrogens with zero attached hydrogens (tertiary/aromatic N) is 1. The summed E-state index contributed by atoms with van der Waals surface area (Å²) in [6.45, 7) is 1.06. The molecule has 0 radical (unpaired) electrons. The van der Waals surface area contributed by atoms with Crippen LogP contribution in [0.3, 0.4) is 0 Å². The summed E-state index contributed by atoms with van der Waals surface area (Å²) in [6.07, 6.45) is 2.64. The van der Waals surface area contributed by atoms with Crippen molar-refractivity contribution in [2.75, 3.05) is 13.2 Å². The predicted molar refractivity (Wildman–Crippen MR) is 60.8 cm³/mol. The molecule has 5 heteroatoms. The third-order valence-electron chi connectivity index (χ3n) is 2.26. The standard InChI is InChI=1S/C8H10INO2S/c9-13-10-4-1-2-7(10)8(11)3-5-12-6-8/h1-2,4,11H,3,5-6H2. The zero-order valence-electron chi connectivity index (χ0n) is 6.94. The number of hydrogen-bond donors (Lipinski definition) is 1. The molecule has 2 heterocycles. The third kappa shape index (κ3) is 1.74. The molecular weight excluding hydrogens is 301 g/mol. The van der Waals surface area contributed by atoms with Crippen LogP contribution < -0.4 is 0 Å². The summed E-state index contributed by atoms with van der Waals surface area (Å²) in [5.74, 6) is 0. The van der Waals surface area contributed by atoms with E-state index in [1.807, 2.05) is 22.3 Å². The van der Waals surface area contributed by atoms with Gasteiger partial charge in [0, 0.05) is 49.5 Å². The number of aliphatic hydroxyl groups is 1. The normalized spacial score (nSPS) is 28.2. The summed E-state index contributed by atoms with van der Waals surface area (Å²) >= 11 is 2.20. The second-order valence-corrected chi connectivity index (χ2v) is 4.84. The minimum absolute atomic E-state index is 0.411. The van der Waals surface area contributed by atoms with Crippen molar-refractivity contribution in [2.24, 2.45) is 0 Å². The molecule has 0 saturated carbocycles. The predicted octanol–water partition coefficient (Wildman–Crippen LogP) is 1.94. The van der Waals surface area contributed by atoms with Crippen molar-refractivity contribution in [1.82, 2.24) is 3.97 Å². The van der Waals surface area contributed by atoms with Crippen molar-refractivity contribution in [1.29, 1.82) is 0 Å². The fraction of sp³-hybridized carbons (Fsp3) is 0.500. The first-order valence-electron chi connectivity index (χ1n) is 4.03. The van der Waals surface area contributed by atoms with Gasteiger partial charge in [-0.1, -0.05) is 0 Å². The Bertz CT molecular complexity index is 296. The van der Waals surface area contributed by atoms with Crippen molar-refractivity contribution < 1.29 is 9.84 Å². The minimum Gasteiger partial charge on any atom is -0.381 e. The Morgan fingerprint density at radius 2 is 2.54 bits per heavy atom. The Morgan fingerprint density at radius 3 is 3.15 bits per heavy atom. The Morgan fingerprint density at radius 1 is 1.69 bits per heavy atom. The van der Waals surface area contributed by atoms with Crippen LogP contribution in [-0.2, 0) is 10.3 Å². The highest BCUT2D eigenvalue weighted by atomic mass is 127. The molecule has 72 valence electrons. The maximum absolute atomic E-state index is 10.2. The van der Waals surface area contributed by atoms with Gasteiger partial charge in [0.25, 0.3) is 0 Å². The molecule has 2 rings (SSSR count). The lowest BCUT2D eigenvalue weighted by atomic mass is 10.00. The van der Waals surface area contributed by atoms with E-state index in [4.69, 9.17) is 4.74 Å². The van der Waals surface area contributed by atoms with Gasteiger partial charge in [-0.15, -0.1) is 0 Å². The molecule has 1 atom stereocenters. The van der Waals surface area contributed by atoms with Gasteiger partial charge in [0.2, 0.25) is 0 Å². The van der Waals surface area contributed by atoms with E-state index >= 15 is 0 Å². The second-order valence-electron chi connectivity index (χ2n) is 3.12. The first-order valence-corrected chi connectivity index (χ1v) is 7.35. The maximum atomic E-state index is 10.2. The molecule has 0 amide bonds. The SMILES string of the molecule is OC1(c2cccn2SI)CCOC1. The van der Waals surface area contributed by atoms with E-state index < -0.39 is 5.60 Å². The average molecular weight is 311 g/mol. The smallest absolute Gasteiger partial charge is 0.131 e. The van der Waals surface area contributed by atoms with Crippen molar-refractivity contribution in [3.05, 3.63) is 24.0 Å². The number of halogens is 1. The summed E-state index contributed by atoms with van der Waals surface area (Å²) < 4.78 is 7.18. The Balaban J connectivity index is 2.32. The summed E-state index contributed by atoms with van der Waals surface area (Å²) in [5, 5.41) is 10.2. The van der Waals surface area contributed by atoms with E-state index in [1.165, 1.54) is 0 Å². The number of aromatic nitrogens is 1. The van der Waals surface area contributed by atoms with Gasteiger partial charge < -0.3 is 9.84 Å². The average Bonchev–Trinajstić information content (AvgIpc) is 2.72. The molecule has 1 aliphatic rings. The Labute approximate surface area is 93.2 Å². The fourth-order valence-corrected chi connectivity index (χ4v) is 2.99. The molecule has 13 heavy (non-hydrogen) atoms. The first-order chi connectivity index (χ1) is 6.26. The summed E-state index contributed by atoms with van der Waals surface area (Å²) in [5.41, 5.74) is 0.159.